The van der Waals surface area contributed by atoms with Gasteiger partial charge in [-0.25, -0.2) is 10.2 Å². The fourth-order valence-corrected chi connectivity index (χ4v) is 2.74. The third kappa shape index (κ3) is 6.99. The zero-order valence-electron chi connectivity index (χ0n) is 17.2. The number of non-ortho nitro benzene ring substituents is 1. The van der Waals surface area contributed by atoms with E-state index in [1.807, 2.05) is 19.9 Å². The number of nitro benzene ring substituents is 1. The first-order chi connectivity index (χ1) is 14.8. The summed E-state index contributed by atoms with van der Waals surface area (Å²) in [4.78, 5) is 35.5. The highest BCUT2D eigenvalue weighted by atomic mass is 16.6. The van der Waals surface area contributed by atoms with E-state index in [-0.39, 0.29) is 18.0 Å². The molecule has 2 aromatic carbocycles. The third-order valence-electron chi connectivity index (χ3n) is 4.20. The van der Waals surface area contributed by atoms with Gasteiger partial charge < -0.3 is 20.7 Å². The van der Waals surface area contributed by atoms with Crippen LogP contribution in [0.2, 0.25) is 0 Å². The van der Waals surface area contributed by atoms with Gasteiger partial charge in [0.25, 0.3) is 11.6 Å². The second-order valence-electron chi connectivity index (χ2n) is 6.27. The van der Waals surface area contributed by atoms with E-state index in [0.29, 0.717) is 11.3 Å². The number of nitro groups is 1. The predicted octanol–water partition coefficient (Wildman–Crippen LogP) is 2.46. The molecule has 0 aliphatic rings. The van der Waals surface area contributed by atoms with E-state index in [0.717, 1.165) is 18.8 Å². The number of nitrogens with two attached hydrogens (primary N) is 1. The van der Waals surface area contributed by atoms with E-state index >= 15 is 0 Å². The number of primary amides is 1. The number of amides is 3. The Morgan fingerprint density at radius 1 is 1.23 bits per heavy atom. The lowest BCUT2D eigenvalue weighted by molar-refractivity contribution is -0.384. The Bertz CT molecular complexity index is 974. The molecule has 0 atom stereocenters. The number of nitrogens with zero attached hydrogens (tertiary/aromatic N) is 3. The molecule has 4 N–H and O–H groups in total. The molecule has 0 aromatic heterocycles. The minimum absolute atomic E-state index is 0.133. The number of hydrazone groups is 1. The van der Waals surface area contributed by atoms with Crippen LogP contribution in [-0.4, -0.2) is 42.8 Å². The number of anilines is 2. The molecule has 0 bridgehead atoms. The average molecular weight is 428 g/mol. The molecule has 0 unspecified atom stereocenters. The van der Waals surface area contributed by atoms with E-state index in [9.17, 15) is 19.7 Å². The first-order valence-electron chi connectivity index (χ1n) is 9.48. The Kier molecular flexibility index (Phi) is 8.31. The molecule has 0 heterocycles. The molecule has 2 aromatic rings. The van der Waals surface area contributed by atoms with Gasteiger partial charge in [0.05, 0.1) is 11.1 Å². The highest BCUT2D eigenvalue weighted by molar-refractivity contribution is 5.92. The molecular weight excluding hydrogens is 404 g/mol. The van der Waals surface area contributed by atoms with Gasteiger partial charge in [-0.2, -0.15) is 5.10 Å². The summed E-state index contributed by atoms with van der Waals surface area (Å²) in [6, 6.07) is 10.2. The first kappa shape index (κ1) is 23.1. The lowest BCUT2D eigenvalue weighted by atomic mass is 10.2. The smallest absolute Gasteiger partial charge is 0.332 e. The summed E-state index contributed by atoms with van der Waals surface area (Å²) < 4.78 is 5.68. The Morgan fingerprint density at radius 2 is 1.97 bits per heavy atom. The molecule has 164 valence electrons. The number of urea groups is 1. The molecule has 0 fully saturated rings. The van der Waals surface area contributed by atoms with Crippen LogP contribution in [0.15, 0.2) is 47.6 Å². The van der Waals surface area contributed by atoms with Crippen molar-refractivity contribution in [1.82, 2.24) is 5.43 Å². The van der Waals surface area contributed by atoms with Crippen molar-refractivity contribution in [2.75, 3.05) is 29.9 Å². The Balaban J connectivity index is 2.16. The molecular formula is C20H24N6O5. The van der Waals surface area contributed by atoms with Crippen molar-refractivity contribution >= 4 is 35.2 Å². The summed E-state index contributed by atoms with van der Waals surface area (Å²) in [5.74, 6) is -0.125. The van der Waals surface area contributed by atoms with Gasteiger partial charge in [-0.05, 0) is 32.0 Å². The molecule has 0 saturated heterocycles. The highest BCUT2D eigenvalue weighted by Gasteiger charge is 2.12. The van der Waals surface area contributed by atoms with E-state index in [1.165, 1.54) is 24.4 Å². The quantitative estimate of drug-likeness (QED) is 0.300. The molecule has 11 nitrogen and oxygen atoms in total. The molecule has 0 saturated carbocycles. The normalized spacial score (nSPS) is 10.5. The summed E-state index contributed by atoms with van der Waals surface area (Å²) >= 11 is 0. The first-order valence-corrected chi connectivity index (χ1v) is 9.48. The topological polar surface area (TPSA) is 152 Å². The van der Waals surface area contributed by atoms with Crippen LogP contribution in [0.3, 0.4) is 0 Å². The van der Waals surface area contributed by atoms with Crippen LogP contribution in [0.4, 0.5) is 21.9 Å². The average Bonchev–Trinajstić information content (AvgIpc) is 2.74. The summed E-state index contributed by atoms with van der Waals surface area (Å²) in [5.41, 5.74) is 8.66. The van der Waals surface area contributed by atoms with E-state index < -0.39 is 16.9 Å². The van der Waals surface area contributed by atoms with Crippen LogP contribution in [0.25, 0.3) is 0 Å². The van der Waals surface area contributed by atoms with Crippen molar-refractivity contribution in [3.8, 4) is 5.75 Å². The third-order valence-corrected chi connectivity index (χ3v) is 4.20. The maximum absolute atomic E-state index is 12.3. The van der Waals surface area contributed by atoms with E-state index in [4.69, 9.17) is 10.5 Å². The van der Waals surface area contributed by atoms with Gasteiger partial charge in [0.2, 0.25) is 0 Å². The highest BCUT2D eigenvalue weighted by Crippen LogP contribution is 2.25. The number of rotatable bonds is 10. The van der Waals surface area contributed by atoms with Crippen LogP contribution >= 0.6 is 0 Å². The second kappa shape index (κ2) is 11.1. The van der Waals surface area contributed by atoms with Crippen molar-refractivity contribution in [2.45, 2.75) is 13.8 Å². The largest absolute Gasteiger partial charge is 0.483 e. The van der Waals surface area contributed by atoms with Crippen LogP contribution in [0, 0.1) is 10.1 Å². The fraction of sp³-hybridized carbons (Fsp3) is 0.250. The van der Waals surface area contributed by atoms with E-state index in [2.05, 4.69) is 20.7 Å². The maximum Gasteiger partial charge on any atom is 0.332 e. The standard InChI is InChI=1S/C20H24N6O5/c1-3-25(4-2)16-9-8-14(12-22-24-20(21)28)18(11-16)31-13-19(27)23-15-6-5-7-17(10-15)26(29)30/h5-12H,3-4,13H2,1-2H3,(H,23,27)(H3,21,24,28)/b22-12+. The van der Waals surface area contributed by atoms with Gasteiger partial charge in [-0.3, -0.25) is 14.9 Å². The number of benzene rings is 2. The zero-order valence-corrected chi connectivity index (χ0v) is 17.2. The molecule has 0 spiro atoms. The molecule has 3 amide bonds. The van der Waals surface area contributed by atoms with Crippen molar-refractivity contribution in [3.63, 3.8) is 0 Å². The number of hydrogen-bond donors (Lipinski definition) is 3. The van der Waals surface area contributed by atoms with Gasteiger partial charge in [0.15, 0.2) is 6.61 Å². The minimum Gasteiger partial charge on any atom is -0.483 e. The lowest BCUT2D eigenvalue weighted by Crippen LogP contribution is -2.24. The number of hydrogen-bond acceptors (Lipinski definition) is 7. The van der Waals surface area contributed by atoms with Crippen LogP contribution < -0.4 is 26.1 Å². The Labute approximate surface area is 179 Å². The fourth-order valence-electron chi connectivity index (χ4n) is 2.74. The van der Waals surface area contributed by atoms with Crippen molar-refractivity contribution in [2.24, 2.45) is 10.8 Å². The summed E-state index contributed by atoms with van der Waals surface area (Å²) in [5, 5.41) is 17.2. The number of ether oxygens (including phenoxy) is 1. The molecule has 31 heavy (non-hydrogen) atoms. The van der Waals surface area contributed by atoms with Gasteiger partial charge >= 0.3 is 6.03 Å². The number of nitrogens with one attached hydrogen (secondary N) is 2. The number of carbonyl (C=O) groups is 2. The predicted molar refractivity (Wildman–Crippen MR) is 118 cm³/mol. The van der Waals surface area contributed by atoms with E-state index in [1.54, 1.807) is 18.2 Å². The SMILES string of the molecule is CCN(CC)c1ccc(/C=N/NC(N)=O)c(OCC(=O)Nc2cccc([N+](=O)[O-])c2)c1. The second-order valence-corrected chi connectivity index (χ2v) is 6.27. The minimum atomic E-state index is -0.810. The van der Waals surface area contributed by atoms with Crippen molar-refractivity contribution < 1.29 is 19.2 Å². The molecule has 2 rings (SSSR count). The summed E-state index contributed by atoms with van der Waals surface area (Å²) in [6.07, 6.45) is 1.35. The molecule has 0 aliphatic carbocycles. The zero-order chi connectivity index (χ0) is 22.8. The Morgan fingerprint density at radius 3 is 2.61 bits per heavy atom. The van der Waals surface area contributed by atoms with Gasteiger partial charge in [0.1, 0.15) is 5.75 Å². The maximum atomic E-state index is 12.3. The van der Waals surface area contributed by atoms with Gasteiger partial charge in [-0.15, -0.1) is 0 Å². The Hall–Kier alpha value is -4.15. The van der Waals surface area contributed by atoms with Crippen LogP contribution in [0.5, 0.6) is 5.75 Å². The van der Waals surface area contributed by atoms with Gasteiger partial charge in [0, 0.05) is 48.2 Å². The van der Waals surface area contributed by atoms with Crippen LogP contribution in [-0.2, 0) is 4.79 Å². The molecule has 0 aliphatic heterocycles. The number of carbonyl (C=O) groups excluding carboxylic acids is 2. The summed E-state index contributed by atoms with van der Waals surface area (Å²) in [7, 11) is 0. The summed E-state index contributed by atoms with van der Waals surface area (Å²) in [6.45, 7) is 5.25. The molecule has 11 heteroatoms. The van der Waals surface area contributed by atoms with Crippen molar-refractivity contribution in [3.05, 3.63) is 58.1 Å². The monoisotopic (exact) mass is 428 g/mol. The lowest BCUT2D eigenvalue weighted by Gasteiger charge is -2.22. The molecule has 0 radical (unpaired) electrons. The van der Waals surface area contributed by atoms with Gasteiger partial charge in [-0.1, -0.05) is 6.07 Å². The van der Waals surface area contributed by atoms with Crippen LogP contribution in [0.1, 0.15) is 19.4 Å². The van der Waals surface area contributed by atoms with Crippen molar-refractivity contribution in [1.29, 1.82) is 0 Å².